The molecule has 2 fully saturated rings. The lowest BCUT2D eigenvalue weighted by molar-refractivity contribution is -0.149. The molecule has 30 heavy (non-hydrogen) atoms. The van der Waals surface area contributed by atoms with Crippen LogP contribution in [0.3, 0.4) is 0 Å². The van der Waals surface area contributed by atoms with Crippen LogP contribution in [0.4, 0.5) is 5.69 Å². The number of nitrogens with one attached hydrogen (secondary N) is 1. The molecule has 3 unspecified atom stereocenters. The molecule has 7 nitrogen and oxygen atoms in total. The summed E-state index contributed by atoms with van der Waals surface area (Å²) in [5, 5.41) is 3.45. The minimum Gasteiger partial charge on any atom is -0.495 e. The van der Waals surface area contributed by atoms with Crippen LogP contribution in [-0.4, -0.2) is 73.2 Å². The Morgan fingerprint density at radius 1 is 1.20 bits per heavy atom. The molecular formula is C22H32ClN3O4. The molecule has 1 aromatic rings. The fourth-order valence-corrected chi connectivity index (χ4v) is 4.50. The molecule has 3 rings (SSSR count). The predicted octanol–water partition coefficient (Wildman–Crippen LogP) is 3.02. The quantitative estimate of drug-likeness (QED) is 0.766. The molecule has 2 saturated heterocycles. The van der Waals surface area contributed by atoms with E-state index in [-0.39, 0.29) is 36.0 Å². The Hall–Kier alpha value is -1.83. The van der Waals surface area contributed by atoms with Crippen molar-refractivity contribution in [3.8, 4) is 5.75 Å². The summed E-state index contributed by atoms with van der Waals surface area (Å²) >= 11 is 6.05. The maximum atomic E-state index is 12.9. The molecule has 2 aliphatic rings. The SMILES string of the molecule is COc1ccc(Cl)cc1NC(=O)C(C)N1CCC(C(=O)N2CC(C)OC(C)C2)CC1. The molecule has 0 bridgehead atoms. The number of carbonyl (C=O) groups is 2. The minimum absolute atomic E-state index is 0.0158. The Labute approximate surface area is 183 Å². The fourth-order valence-electron chi connectivity index (χ4n) is 4.33. The summed E-state index contributed by atoms with van der Waals surface area (Å²) in [5.41, 5.74) is 0.558. The van der Waals surface area contributed by atoms with Crippen molar-refractivity contribution in [3.05, 3.63) is 23.2 Å². The average molecular weight is 438 g/mol. The van der Waals surface area contributed by atoms with Gasteiger partial charge >= 0.3 is 0 Å². The van der Waals surface area contributed by atoms with Gasteiger partial charge in [-0.25, -0.2) is 0 Å². The van der Waals surface area contributed by atoms with Gasteiger partial charge in [-0.2, -0.15) is 0 Å². The van der Waals surface area contributed by atoms with Gasteiger partial charge < -0.3 is 19.7 Å². The number of anilines is 1. The van der Waals surface area contributed by atoms with Crippen molar-refractivity contribution in [1.29, 1.82) is 0 Å². The van der Waals surface area contributed by atoms with E-state index in [0.29, 0.717) is 42.6 Å². The standard InChI is InChI=1S/C22H32ClN3O4/c1-14-12-26(13-15(2)30-14)22(28)17-7-9-25(10-8-17)16(3)21(27)24-19-11-18(23)5-6-20(19)29-4/h5-6,11,14-17H,7-10,12-13H2,1-4H3,(H,24,27). The highest BCUT2D eigenvalue weighted by atomic mass is 35.5. The van der Waals surface area contributed by atoms with Crippen molar-refractivity contribution in [2.45, 2.75) is 51.9 Å². The normalized spacial score (nSPS) is 24.4. The van der Waals surface area contributed by atoms with Crippen LogP contribution in [0.15, 0.2) is 18.2 Å². The highest BCUT2D eigenvalue weighted by molar-refractivity contribution is 6.31. The number of halogens is 1. The first-order valence-corrected chi connectivity index (χ1v) is 11.0. The first kappa shape index (κ1) is 22.8. The van der Waals surface area contributed by atoms with Gasteiger partial charge in [0, 0.05) is 24.0 Å². The summed E-state index contributed by atoms with van der Waals surface area (Å²) in [6.07, 6.45) is 1.67. The maximum absolute atomic E-state index is 12.9. The van der Waals surface area contributed by atoms with Gasteiger partial charge in [0.2, 0.25) is 11.8 Å². The van der Waals surface area contributed by atoms with Crippen molar-refractivity contribution in [2.75, 3.05) is 38.6 Å². The molecule has 166 valence electrons. The van der Waals surface area contributed by atoms with E-state index in [9.17, 15) is 9.59 Å². The molecule has 0 aromatic heterocycles. The Morgan fingerprint density at radius 2 is 1.83 bits per heavy atom. The van der Waals surface area contributed by atoms with E-state index in [0.717, 1.165) is 12.8 Å². The van der Waals surface area contributed by atoms with E-state index in [1.807, 2.05) is 25.7 Å². The molecule has 0 spiro atoms. The number of hydrogen-bond acceptors (Lipinski definition) is 5. The van der Waals surface area contributed by atoms with Gasteiger partial charge in [-0.1, -0.05) is 11.6 Å². The Bertz CT molecular complexity index is 757. The summed E-state index contributed by atoms with van der Waals surface area (Å²) in [6, 6.07) is 4.82. The third-order valence-electron chi connectivity index (χ3n) is 5.96. The van der Waals surface area contributed by atoms with Crippen LogP contribution in [0.2, 0.25) is 5.02 Å². The van der Waals surface area contributed by atoms with Gasteiger partial charge in [0.05, 0.1) is 31.0 Å². The number of hydrogen-bond donors (Lipinski definition) is 1. The number of carbonyl (C=O) groups excluding carboxylic acids is 2. The number of morpholine rings is 1. The van der Waals surface area contributed by atoms with Crippen LogP contribution in [0.1, 0.15) is 33.6 Å². The van der Waals surface area contributed by atoms with Crippen LogP contribution < -0.4 is 10.1 Å². The van der Waals surface area contributed by atoms with Crippen LogP contribution >= 0.6 is 11.6 Å². The molecule has 2 aliphatic heterocycles. The summed E-state index contributed by atoms with van der Waals surface area (Å²) in [7, 11) is 1.56. The van der Waals surface area contributed by atoms with Gasteiger partial charge in [-0.05, 0) is 64.9 Å². The highest BCUT2D eigenvalue weighted by Crippen LogP contribution is 2.28. The molecule has 1 aromatic carbocycles. The second kappa shape index (κ2) is 9.98. The lowest BCUT2D eigenvalue weighted by Gasteiger charge is -2.40. The number of likely N-dealkylation sites (tertiary alicyclic amines) is 1. The zero-order chi connectivity index (χ0) is 21.8. The van der Waals surface area contributed by atoms with Gasteiger partial charge in [0.1, 0.15) is 5.75 Å². The largest absolute Gasteiger partial charge is 0.495 e. The van der Waals surface area contributed by atoms with Crippen molar-refractivity contribution >= 4 is 29.1 Å². The molecule has 0 radical (unpaired) electrons. The van der Waals surface area contributed by atoms with Gasteiger partial charge in [-0.15, -0.1) is 0 Å². The molecule has 2 amide bonds. The first-order chi connectivity index (χ1) is 14.3. The van der Waals surface area contributed by atoms with E-state index in [4.69, 9.17) is 21.1 Å². The number of ether oxygens (including phenoxy) is 2. The zero-order valence-corrected chi connectivity index (χ0v) is 18.9. The van der Waals surface area contributed by atoms with Crippen LogP contribution in [0.5, 0.6) is 5.75 Å². The van der Waals surface area contributed by atoms with Gasteiger partial charge in [0.15, 0.2) is 0 Å². The second-order valence-electron chi connectivity index (χ2n) is 8.32. The fraction of sp³-hybridized carbons (Fsp3) is 0.636. The van der Waals surface area contributed by atoms with Crippen molar-refractivity contribution in [2.24, 2.45) is 5.92 Å². The van der Waals surface area contributed by atoms with E-state index >= 15 is 0 Å². The third-order valence-corrected chi connectivity index (χ3v) is 6.19. The predicted molar refractivity (Wildman–Crippen MR) is 117 cm³/mol. The molecular weight excluding hydrogens is 406 g/mol. The van der Waals surface area contributed by atoms with Crippen LogP contribution in [0.25, 0.3) is 0 Å². The minimum atomic E-state index is -0.312. The van der Waals surface area contributed by atoms with Crippen LogP contribution in [-0.2, 0) is 14.3 Å². The lowest BCUT2D eigenvalue weighted by Crippen LogP contribution is -2.52. The Kier molecular flexibility index (Phi) is 7.60. The topological polar surface area (TPSA) is 71.1 Å². The van der Waals surface area contributed by atoms with E-state index < -0.39 is 0 Å². The van der Waals surface area contributed by atoms with Crippen LogP contribution in [0, 0.1) is 5.92 Å². The zero-order valence-electron chi connectivity index (χ0n) is 18.2. The third kappa shape index (κ3) is 5.45. The van der Waals surface area contributed by atoms with E-state index in [1.165, 1.54) is 0 Å². The van der Waals surface area contributed by atoms with E-state index in [2.05, 4.69) is 10.2 Å². The molecule has 0 saturated carbocycles. The Balaban J connectivity index is 1.53. The molecule has 3 atom stereocenters. The van der Waals surface area contributed by atoms with Crippen molar-refractivity contribution in [1.82, 2.24) is 9.80 Å². The lowest BCUT2D eigenvalue weighted by atomic mass is 9.93. The number of nitrogens with zero attached hydrogens (tertiary/aromatic N) is 2. The smallest absolute Gasteiger partial charge is 0.241 e. The maximum Gasteiger partial charge on any atom is 0.241 e. The number of amides is 2. The summed E-state index contributed by atoms with van der Waals surface area (Å²) < 4.78 is 11.0. The molecule has 2 heterocycles. The van der Waals surface area contributed by atoms with Gasteiger partial charge in [-0.3, -0.25) is 14.5 Å². The first-order valence-electron chi connectivity index (χ1n) is 10.6. The number of rotatable bonds is 5. The number of piperidine rings is 1. The average Bonchev–Trinajstić information content (AvgIpc) is 2.72. The second-order valence-corrected chi connectivity index (χ2v) is 8.76. The number of methoxy groups -OCH3 is 1. The summed E-state index contributed by atoms with van der Waals surface area (Å²) in [5.74, 6) is 0.689. The van der Waals surface area contributed by atoms with E-state index in [1.54, 1.807) is 25.3 Å². The number of benzene rings is 1. The summed E-state index contributed by atoms with van der Waals surface area (Å²) in [4.78, 5) is 29.8. The molecule has 0 aliphatic carbocycles. The van der Waals surface area contributed by atoms with Crippen molar-refractivity contribution in [3.63, 3.8) is 0 Å². The highest BCUT2D eigenvalue weighted by Gasteiger charge is 2.34. The Morgan fingerprint density at radius 3 is 2.43 bits per heavy atom. The van der Waals surface area contributed by atoms with Crippen molar-refractivity contribution < 1.29 is 19.1 Å². The molecule has 8 heteroatoms. The van der Waals surface area contributed by atoms with Gasteiger partial charge in [0.25, 0.3) is 0 Å². The monoisotopic (exact) mass is 437 g/mol. The molecule has 1 N–H and O–H groups in total. The summed E-state index contributed by atoms with van der Waals surface area (Å²) in [6.45, 7) is 8.65.